The van der Waals surface area contributed by atoms with Crippen molar-refractivity contribution >= 4 is 33.9 Å². The molecule has 218 valence electrons. The minimum Gasteiger partial charge on any atom is -0.497 e. The molecule has 2 N–H and O–H groups in total. The third-order valence-electron chi connectivity index (χ3n) is 7.99. The molecule has 3 aliphatic rings. The number of thiocarbonyl (C=S) groups is 1. The summed E-state index contributed by atoms with van der Waals surface area (Å²) in [7, 11) is 1.55. The van der Waals surface area contributed by atoms with Crippen LogP contribution < -0.4 is 15.4 Å². The fraction of sp³-hybridized carbons (Fsp3) is 0.379. The van der Waals surface area contributed by atoms with Crippen molar-refractivity contribution in [3.05, 3.63) is 78.0 Å². The van der Waals surface area contributed by atoms with Gasteiger partial charge in [0.25, 0.3) is 0 Å². The van der Waals surface area contributed by atoms with Gasteiger partial charge in [-0.15, -0.1) is 6.58 Å². The molecule has 1 aromatic heterocycles. The van der Waals surface area contributed by atoms with Crippen LogP contribution in [0.1, 0.15) is 35.6 Å². The van der Waals surface area contributed by atoms with Crippen LogP contribution in [0.4, 0.5) is 32.0 Å². The number of methoxy groups -OCH3 is 1. The van der Waals surface area contributed by atoms with Gasteiger partial charge in [0.1, 0.15) is 5.75 Å². The molecule has 0 radical (unpaired) electrons. The van der Waals surface area contributed by atoms with E-state index in [1.54, 1.807) is 19.4 Å². The number of hydrogen-bond donors (Lipinski definition) is 2. The zero-order chi connectivity index (χ0) is 29.5. The lowest BCUT2D eigenvalue weighted by atomic mass is 9.73. The maximum Gasteiger partial charge on any atom is 0.416 e. The first kappa shape index (κ1) is 29.1. The summed E-state index contributed by atoms with van der Waals surface area (Å²) in [6.45, 7) is 5.63. The molecule has 4 heterocycles. The van der Waals surface area contributed by atoms with Crippen LogP contribution in [-0.2, 0) is 12.4 Å². The molecule has 0 amide bonds. The molecule has 3 aromatic rings. The average Bonchev–Trinajstić information content (AvgIpc) is 2.94. The Bertz CT molecular complexity index is 1430. The molecule has 0 spiro atoms. The lowest BCUT2D eigenvalue weighted by Gasteiger charge is -2.52. The van der Waals surface area contributed by atoms with Crippen molar-refractivity contribution in [3.8, 4) is 5.75 Å². The summed E-state index contributed by atoms with van der Waals surface area (Å²) in [5, 5.41) is 6.52. The van der Waals surface area contributed by atoms with E-state index in [0.717, 1.165) is 36.9 Å². The molecule has 2 bridgehead atoms. The molecule has 5 atom stereocenters. The van der Waals surface area contributed by atoms with Gasteiger partial charge in [-0.3, -0.25) is 9.88 Å². The highest BCUT2D eigenvalue weighted by atomic mass is 32.1. The van der Waals surface area contributed by atoms with Gasteiger partial charge in [0, 0.05) is 29.9 Å². The van der Waals surface area contributed by atoms with Crippen molar-refractivity contribution in [2.45, 2.75) is 37.3 Å². The first-order valence-corrected chi connectivity index (χ1v) is 13.4. The minimum atomic E-state index is -4.97. The van der Waals surface area contributed by atoms with E-state index in [2.05, 4.69) is 27.1 Å². The number of halogens is 6. The van der Waals surface area contributed by atoms with Crippen molar-refractivity contribution in [2.24, 2.45) is 11.8 Å². The van der Waals surface area contributed by atoms with E-state index in [-0.39, 0.29) is 17.2 Å². The van der Waals surface area contributed by atoms with Gasteiger partial charge >= 0.3 is 12.4 Å². The summed E-state index contributed by atoms with van der Waals surface area (Å²) in [6.07, 6.45) is -4.48. The lowest BCUT2D eigenvalue weighted by Crippen LogP contribution is -2.57. The van der Waals surface area contributed by atoms with Crippen molar-refractivity contribution in [1.82, 2.24) is 15.2 Å². The first-order chi connectivity index (χ1) is 19.4. The number of pyridine rings is 1. The van der Waals surface area contributed by atoms with Crippen LogP contribution in [0.2, 0.25) is 0 Å². The van der Waals surface area contributed by atoms with Crippen LogP contribution >= 0.6 is 12.2 Å². The predicted octanol–water partition coefficient (Wildman–Crippen LogP) is 7.21. The van der Waals surface area contributed by atoms with Crippen molar-refractivity contribution < 1.29 is 31.1 Å². The Hall–Kier alpha value is -3.38. The molecular formula is C29H28F6N4OS. The second-order valence-corrected chi connectivity index (χ2v) is 10.8. The molecular weight excluding hydrogens is 566 g/mol. The second kappa shape index (κ2) is 11.1. The van der Waals surface area contributed by atoms with Gasteiger partial charge in [-0.25, -0.2) is 0 Å². The summed E-state index contributed by atoms with van der Waals surface area (Å²) in [5.74, 6) is 1.35. The first-order valence-electron chi connectivity index (χ1n) is 13.0. The molecule has 0 aliphatic carbocycles. The standard InChI is InChI=1S/C29H28F6N4OS/c1-3-16-15-39-9-7-17(16)10-25(39)26(22-6-8-36-24-5-4-21(40-2)14-23(22)24)38-27(41)37-20-12-18(28(30,31)32)11-19(13-20)29(33,34)35/h3-6,8,11-14,16-17,25-26H,1,7,9-10,15H2,2H3,(H2,37,38,41)/t16-,17-,25+,26?/m0/s1. The number of ether oxygens (including phenoxy) is 1. The number of nitrogens with zero attached hydrogens (tertiary/aromatic N) is 2. The predicted molar refractivity (Wildman–Crippen MR) is 149 cm³/mol. The molecule has 41 heavy (non-hydrogen) atoms. The Morgan fingerprint density at radius 1 is 1.10 bits per heavy atom. The molecule has 12 heteroatoms. The molecule has 6 rings (SSSR count). The highest BCUT2D eigenvalue weighted by Gasteiger charge is 2.43. The lowest BCUT2D eigenvalue weighted by molar-refractivity contribution is -0.143. The third-order valence-corrected chi connectivity index (χ3v) is 8.21. The van der Waals surface area contributed by atoms with E-state index in [1.165, 1.54) is 0 Å². The normalized spacial score (nSPS) is 23.2. The largest absolute Gasteiger partial charge is 0.497 e. The Morgan fingerprint density at radius 3 is 2.39 bits per heavy atom. The molecule has 3 saturated heterocycles. The molecule has 0 saturated carbocycles. The van der Waals surface area contributed by atoms with Gasteiger partial charge in [0.2, 0.25) is 0 Å². The number of benzene rings is 2. The Kier molecular flexibility index (Phi) is 7.90. The summed E-state index contributed by atoms with van der Waals surface area (Å²) < 4.78 is 86.0. The van der Waals surface area contributed by atoms with Crippen LogP contribution in [-0.4, -0.2) is 41.2 Å². The second-order valence-electron chi connectivity index (χ2n) is 10.4. The number of anilines is 1. The van der Waals surface area contributed by atoms with Crippen LogP contribution in [0.3, 0.4) is 0 Å². The van der Waals surface area contributed by atoms with Crippen LogP contribution in [0.5, 0.6) is 5.75 Å². The zero-order valence-corrected chi connectivity index (χ0v) is 22.8. The monoisotopic (exact) mass is 594 g/mol. The van der Waals surface area contributed by atoms with E-state index in [1.807, 2.05) is 24.3 Å². The maximum absolute atomic E-state index is 13.4. The van der Waals surface area contributed by atoms with Gasteiger partial charge in [-0.05, 0) is 91.5 Å². The van der Waals surface area contributed by atoms with Crippen LogP contribution in [0, 0.1) is 11.8 Å². The Morgan fingerprint density at radius 2 is 1.80 bits per heavy atom. The summed E-state index contributed by atoms with van der Waals surface area (Å²) in [4.78, 5) is 6.80. The Labute approximate surface area is 238 Å². The summed E-state index contributed by atoms with van der Waals surface area (Å²) >= 11 is 5.50. The number of alkyl halides is 6. The topological polar surface area (TPSA) is 49.4 Å². The van der Waals surface area contributed by atoms with E-state index >= 15 is 0 Å². The highest BCUT2D eigenvalue weighted by molar-refractivity contribution is 7.80. The number of piperidine rings is 3. The van der Waals surface area contributed by atoms with Gasteiger partial charge < -0.3 is 15.4 Å². The molecule has 5 nitrogen and oxygen atoms in total. The number of hydrogen-bond acceptors (Lipinski definition) is 4. The van der Waals surface area contributed by atoms with Crippen molar-refractivity contribution in [2.75, 3.05) is 25.5 Å². The number of fused-ring (bicyclic) bond motifs is 4. The SMILES string of the molecule is C=C[C@H]1CN2CC[C@H]1C[C@@H]2C(NC(=S)Nc1cc(C(F)(F)F)cc(C(F)(F)F)c1)c1ccnc2ccc(OC)cc12. The quantitative estimate of drug-likeness (QED) is 0.179. The van der Waals surface area contributed by atoms with Gasteiger partial charge in [-0.1, -0.05) is 6.08 Å². The van der Waals surface area contributed by atoms with Gasteiger partial charge in [0.15, 0.2) is 5.11 Å². The smallest absolute Gasteiger partial charge is 0.416 e. The number of aromatic nitrogens is 1. The van der Waals surface area contributed by atoms with E-state index < -0.39 is 35.2 Å². The number of nitrogens with one attached hydrogen (secondary N) is 2. The van der Waals surface area contributed by atoms with Gasteiger partial charge in [0.05, 0.1) is 29.8 Å². The maximum atomic E-state index is 13.4. The minimum absolute atomic E-state index is 0.0475. The molecule has 3 fully saturated rings. The van der Waals surface area contributed by atoms with Crippen molar-refractivity contribution in [3.63, 3.8) is 0 Å². The third kappa shape index (κ3) is 6.13. The highest BCUT2D eigenvalue weighted by Crippen LogP contribution is 2.43. The van der Waals surface area contributed by atoms with Crippen LogP contribution in [0.15, 0.2) is 61.3 Å². The van der Waals surface area contributed by atoms with Gasteiger partial charge in [-0.2, -0.15) is 26.3 Å². The molecule has 2 unspecified atom stereocenters. The summed E-state index contributed by atoms with van der Waals surface area (Å²) in [6, 6.07) is 8.15. The van der Waals surface area contributed by atoms with E-state index in [0.29, 0.717) is 35.2 Å². The molecule has 3 aliphatic heterocycles. The van der Waals surface area contributed by atoms with Crippen LogP contribution in [0.25, 0.3) is 10.9 Å². The van der Waals surface area contributed by atoms with Crippen molar-refractivity contribution in [1.29, 1.82) is 0 Å². The molecule has 2 aromatic carbocycles. The van der Waals surface area contributed by atoms with E-state index in [9.17, 15) is 26.3 Å². The number of rotatable bonds is 6. The Balaban J connectivity index is 1.51. The fourth-order valence-electron chi connectivity index (χ4n) is 5.99. The summed E-state index contributed by atoms with van der Waals surface area (Å²) in [5.41, 5.74) is -1.71. The van der Waals surface area contributed by atoms with E-state index in [4.69, 9.17) is 17.0 Å². The average molecular weight is 595 g/mol. The zero-order valence-electron chi connectivity index (χ0n) is 22.0. The fourth-order valence-corrected chi connectivity index (χ4v) is 6.23.